The highest BCUT2D eigenvalue weighted by atomic mass is 16.5. The van der Waals surface area contributed by atoms with Gasteiger partial charge in [0.05, 0.1) is 13.2 Å². The zero-order valence-electron chi connectivity index (χ0n) is 10.3. The molecule has 0 N–H and O–H groups in total. The lowest BCUT2D eigenvalue weighted by molar-refractivity contribution is 0.0146. The van der Waals surface area contributed by atoms with E-state index in [9.17, 15) is 0 Å². The highest BCUT2D eigenvalue weighted by Gasteiger charge is 2.23. The molecule has 0 aromatic rings. The Morgan fingerprint density at radius 1 is 0.933 bits per heavy atom. The van der Waals surface area contributed by atoms with Crippen LogP contribution >= 0.6 is 0 Å². The minimum absolute atomic E-state index is 0.630. The molecule has 1 aliphatic carbocycles. The predicted octanol–water partition coefficient (Wildman–Crippen LogP) is 3.26. The topological polar surface area (TPSA) is 18.5 Å². The Morgan fingerprint density at radius 2 is 1.47 bits per heavy atom. The summed E-state index contributed by atoms with van der Waals surface area (Å²) in [5, 5.41) is 0. The van der Waals surface area contributed by atoms with Gasteiger partial charge in [-0.25, -0.2) is 0 Å². The summed E-state index contributed by atoms with van der Waals surface area (Å²) >= 11 is 0. The quantitative estimate of drug-likeness (QED) is 0.647. The van der Waals surface area contributed by atoms with Crippen LogP contribution in [-0.4, -0.2) is 26.4 Å². The summed E-state index contributed by atoms with van der Waals surface area (Å²) in [5.74, 6) is 1.47. The SMILES string of the molecule is CCOCC(COCC)C1CCCCC1. The third-order valence-corrected chi connectivity index (χ3v) is 3.39. The Bertz CT molecular complexity index is 133. The summed E-state index contributed by atoms with van der Waals surface area (Å²) in [5.41, 5.74) is 0. The van der Waals surface area contributed by atoms with Crippen molar-refractivity contribution in [2.75, 3.05) is 26.4 Å². The summed E-state index contributed by atoms with van der Waals surface area (Å²) in [7, 11) is 0. The summed E-state index contributed by atoms with van der Waals surface area (Å²) in [4.78, 5) is 0. The van der Waals surface area contributed by atoms with Crippen LogP contribution in [0, 0.1) is 11.8 Å². The van der Waals surface area contributed by atoms with Crippen molar-refractivity contribution in [1.29, 1.82) is 0 Å². The van der Waals surface area contributed by atoms with Crippen molar-refractivity contribution < 1.29 is 9.47 Å². The monoisotopic (exact) mass is 214 g/mol. The van der Waals surface area contributed by atoms with E-state index in [1.54, 1.807) is 0 Å². The molecule has 0 amide bonds. The first-order valence-corrected chi connectivity index (χ1v) is 6.54. The molecule has 0 atom stereocenters. The average Bonchev–Trinajstić information content (AvgIpc) is 2.30. The van der Waals surface area contributed by atoms with Crippen LogP contribution in [-0.2, 0) is 9.47 Å². The molecule has 0 heterocycles. The normalized spacial score (nSPS) is 18.6. The van der Waals surface area contributed by atoms with E-state index in [0.29, 0.717) is 5.92 Å². The fraction of sp³-hybridized carbons (Fsp3) is 1.00. The molecule has 0 aliphatic heterocycles. The number of ether oxygens (including phenoxy) is 2. The van der Waals surface area contributed by atoms with Gasteiger partial charge < -0.3 is 9.47 Å². The molecule has 90 valence electrons. The molecule has 0 spiro atoms. The molecule has 2 heteroatoms. The van der Waals surface area contributed by atoms with E-state index in [-0.39, 0.29) is 0 Å². The van der Waals surface area contributed by atoms with Crippen molar-refractivity contribution in [3.8, 4) is 0 Å². The van der Waals surface area contributed by atoms with Crippen LogP contribution in [0.3, 0.4) is 0 Å². The van der Waals surface area contributed by atoms with Gasteiger partial charge in [0.25, 0.3) is 0 Å². The van der Waals surface area contributed by atoms with Crippen LogP contribution in [0.2, 0.25) is 0 Å². The van der Waals surface area contributed by atoms with E-state index >= 15 is 0 Å². The van der Waals surface area contributed by atoms with E-state index < -0.39 is 0 Å². The van der Waals surface area contributed by atoms with Gasteiger partial charge in [-0.15, -0.1) is 0 Å². The van der Waals surface area contributed by atoms with Crippen molar-refractivity contribution in [2.24, 2.45) is 11.8 Å². The van der Waals surface area contributed by atoms with Crippen molar-refractivity contribution in [2.45, 2.75) is 46.0 Å². The zero-order valence-corrected chi connectivity index (χ0v) is 10.3. The predicted molar refractivity (Wildman–Crippen MR) is 63.1 cm³/mol. The third-order valence-electron chi connectivity index (χ3n) is 3.39. The van der Waals surface area contributed by atoms with Gasteiger partial charge in [0, 0.05) is 19.1 Å². The van der Waals surface area contributed by atoms with Crippen molar-refractivity contribution in [3.05, 3.63) is 0 Å². The lowest BCUT2D eigenvalue weighted by Crippen LogP contribution is -2.27. The molecule has 2 nitrogen and oxygen atoms in total. The first-order chi connectivity index (χ1) is 7.38. The second kappa shape index (κ2) is 8.12. The molecule has 0 radical (unpaired) electrons. The molecule has 0 saturated heterocycles. The maximum atomic E-state index is 5.57. The highest BCUT2D eigenvalue weighted by Crippen LogP contribution is 2.30. The molecule has 0 aromatic heterocycles. The fourth-order valence-corrected chi connectivity index (χ4v) is 2.46. The summed E-state index contributed by atoms with van der Waals surface area (Å²) < 4.78 is 11.1. The standard InChI is InChI=1S/C13H26O2/c1-3-14-10-13(11-15-4-2)12-8-6-5-7-9-12/h12-13H,3-11H2,1-2H3. The van der Waals surface area contributed by atoms with E-state index in [2.05, 4.69) is 13.8 Å². The lowest BCUT2D eigenvalue weighted by atomic mass is 9.80. The first-order valence-electron chi connectivity index (χ1n) is 6.54. The molecule has 0 bridgehead atoms. The molecule has 0 unspecified atom stereocenters. The van der Waals surface area contributed by atoms with Gasteiger partial charge in [0.2, 0.25) is 0 Å². The second-order valence-electron chi connectivity index (χ2n) is 4.48. The summed E-state index contributed by atoms with van der Waals surface area (Å²) in [6, 6.07) is 0. The molecule has 1 saturated carbocycles. The van der Waals surface area contributed by atoms with Crippen molar-refractivity contribution in [3.63, 3.8) is 0 Å². The van der Waals surface area contributed by atoms with Gasteiger partial charge in [-0.1, -0.05) is 32.1 Å². The van der Waals surface area contributed by atoms with Gasteiger partial charge in [-0.2, -0.15) is 0 Å². The maximum Gasteiger partial charge on any atom is 0.0518 e. The molecular formula is C13H26O2. The molecule has 1 aliphatic rings. The molecule has 1 fully saturated rings. The van der Waals surface area contributed by atoms with Crippen LogP contribution in [0.5, 0.6) is 0 Å². The summed E-state index contributed by atoms with van der Waals surface area (Å²) in [6.07, 6.45) is 6.99. The van der Waals surface area contributed by atoms with Crippen molar-refractivity contribution in [1.82, 2.24) is 0 Å². The number of hydrogen-bond acceptors (Lipinski definition) is 2. The molecule has 1 rings (SSSR count). The fourth-order valence-electron chi connectivity index (χ4n) is 2.46. The highest BCUT2D eigenvalue weighted by molar-refractivity contribution is 4.73. The van der Waals surface area contributed by atoms with Gasteiger partial charge in [0.1, 0.15) is 0 Å². The Kier molecular flexibility index (Phi) is 7.03. The van der Waals surface area contributed by atoms with Gasteiger partial charge in [-0.3, -0.25) is 0 Å². The van der Waals surface area contributed by atoms with E-state index in [1.807, 2.05) is 0 Å². The number of hydrogen-bond donors (Lipinski definition) is 0. The van der Waals surface area contributed by atoms with Crippen LogP contribution in [0.15, 0.2) is 0 Å². The minimum Gasteiger partial charge on any atom is -0.381 e. The molecule has 15 heavy (non-hydrogen) atoms. The van der Waals surface area contributed by atoms with E-state index in [1.165, 1.54) is 32.1 Å². The van der Waals surface area contributed by atoms with Crippen molar-refractivity contribution >= 4 is 0 Å². The van der Waals surface area contributed by atoms with Gasteiger partial charge in [-0.05, 0) is 19.8 Å². The van der Waals surface area contributed by atoms with Crippen LogP contribution < -0.4 is 0 Å². The Labute approximate surface area is 94.3 Å². The number of rotatable bonds is 7. The summed E-state index contributed by atoms with van der Waals surface area (Å²) in [6.45, 7) is 7.57. The Balaban J connectivity index is 2.30. The maximum absolute atomic E-state index is 5.57. The smallest absolute Gasteiger partial charge is 0.0518 e. The zero-order chi connectivity index (χ0) is 10.9. The van der Waals surface area contributed by atoms with E-state index in [4.69, 9.17) is 9.47 Å². The van der Waals surface area contributed by atoms with Gasteiger partial charge in [0.15, 0.2) is 0 Å². The Hall–Kier alpha value is -0.0800. The van der Waals surface area contributed by atoms with Crippen LogP contribution in [0.25, 0.3) is 0 Å². The van der Waals surface area contributed by atoms with E-state index in [0.717, 1.165) is 32.3 Å². The average molecular weight is 214 g/mol. The minimum atomic E-state index is 0.630. The first kappa shape index (κ1) is 13.0. The molecular weight excluding hydrogens is 188 g/mol. The van der Waals surface area contributed by atoms with Crippen LogP contribution in [0.4, 0.5) is 0 Å². The van der Waals surface area contributed by atoms with Crippen LogP contribution in [0.1, 0.15) is 46.0 Å². The molecule has 0 aromatic carbocycles. The largest absolute Gasteiger partial charge is 0.381 e. The van der Waals surface area contributed by atoms with Gasteiger partial charge >= 0.3 is 0 Å². The second-order valence-corrected chi connectivity index (χ2v) is 4.48. The third kappa shape index (κ3) is 4.98. The Morgan fingerprint density at radius 3 is 1.93 bits per heavy atom. The lowest BCUT2D eigenvalue weighted by Gasteiger charge is -2.29.